The van der Waals surface area contributed by atoms with Crippen LogP contribution in [-0.2, 0) is 16.6 Å². The minimum atomic E-state index is -0.0359. The van der Waals surface area contributed by atoms with Crippen LogP contribution >= 0.6 is 15.9 Å². The van der Waals surface area contributed by atoms with Crippen molar-refractivity contribution in [1.82, 2.24) is 0 Å². The molecule has 0 radical (unpaired) electrons. The molecule has 1 aromatic rings. The number of hydrogen-bond acceptors (Lipinski definition) is 1. The van der Waals surface area contributed by atoms with Crippen LogP contribution in [0.4, 0.5) is 5.69 Å². The molecule has 0 N–H and O–H groups in total. The number of benzene rings is 1. The van der Waals surface area contributed by atoms with E-state index in [0.717, 1.165) is 17.4 Å². The summed E-state index contributed by atoms with van der Waals surface area (Å²) in [6.07, 6.45) is 1.61. The Morgan fingerprint density at radius 2 is 2.12 bits per heavy atom. The van der Waals surface area contributed by atoms with Crippen molar-refractivity contribution in [2.75, 3.05) is 11.4 Å². The van der Waals surface area contributed by atoms with Crippen LogP contribution in [0, 0.1) is 0 Å². The Balaban J connectivity index is 2.31. The van der Waals surface area contributed by atoms with E-state index in [1.807, 2.05) is 4.90 Å². The van der Waals surface area contributed by atoms with E-state index in [1.54, 1.807) is 0 Å². The fourth-order valence-corrected chi connectivity index (χ4v) is 3.35. The molecular weight excluding hydrogens is 266 g/mol. The minimum absolute atomic E-state index is 0.0359. The Kier molecular flexibility index (Phi) is 2.00. The summed E-state index contributed by atoms with van der Waals surface area (Å²) < 4.78 is 1.13. The van der Waals surface area contributed by atoms with E-state index in [0.29, 0.717) is 6.42 Å². The summed E-state index contributed by atoms with van der Waals surface area (Å²) in [5, 5.41) is 0. The zero-order valence-electron chi connectivity index (χ0n) is 9.51. The number of hydrogen-bond donors (Lipinski definition) is 0. The first-order chi connectivity index (χ1) is 7.49. The second kappa shape index (κ2) is 3.10. The fraction of sp³-hybridized carbons (Fsp3) is 0.462. The smallest absolute Gasteiger partial charge is 0.227 e. The standard InChI is InChI=1S/C13H14BrNO/c1-13(2)7-11(16)15-4-3-8-5-9(14)6-10(13)12(8)15/h5-6H,3-4,7H2,1-2H3. The summed E-state index contributed by atoms with van der Waals surface area (Å²) in [5.74, 6) is 0.276. The van der Waals surface area contributed by atoms with Crippen molar-refractivity contribution in [1.29, 1.82) is 0 Å². The molecule has 1 amide bonds. The summed E-state index contributed by atoms with van der Waals surface area (Å²) in [4.78, 5) is 14.0. The predicted molar refractivity (Wildman–Crippen MR) is 67.8 cm³/mol. The molecule has 2 aliphatic rings. The second-order valence-corrected chi connectivity index (χ2v) is 6.23. The van der Waals surface area contributed by atoms with E-state index in [1.165, 1.54) is 16.8 Å². The van der Waals surface area contributed by atoms with Crippen molar-refractivity contribution in [2.45, 2.75) is 32.1 Å². The monoisotopic (exact) mass is 279 g/mol. The second-order valence-electron chi connectivity index (χ2n) is 5.32. The van der Waals surface area contributed by atoms with Crippen molar-refractivity contribution >= 4 is 27.5 Å². The maximum atomic E-state index is 12.0. The number of anilines is 1. The van der Waals surface area contributed by atoms with E-state index in [-0.39, 0.29) is 11.3 Å². The highest BCUT2D eigenvalue weighted by Gasteiger charge is 2.40. The van der Waals surface area contributed by atoms with E-state index < -0.39 is 0 Å². The maximum Gasteiger partial charge on any atom is 0.227 e. The van der Waals surface area contributed by atoms with Crippen LogP contribution in [0.25, 0.3) is 0 Å². The highest BCUT2D eigenvalue weighted by atomic mass is 79.9. The number of rotatable bonds is 0. The molecule has 3 rings (SSSR count). The van der Waals surface area contributed by atoms with E-state index >= 15 is 0 Å². The SMILES string of the molecule is CC1(C)CC(=O)N2CCc3cc(Br)cc1c32. The van der Waals surface area contributed by atoms with E-state index in [2.05, 4.69) is 41.9 Å². The molecule has 0 saturated carbocycles. The van der Waals surface area contributed by atoms with Gasteiger partial charge in [0.2, 0.25) is 5.91 Å². The number of amides is 1. The Bertz CT molecular complexity index is 493. The third-order valence-electron chi connectivity index (χ3n) is 3.65. The average molecular weight is 280 g/mol. The molecule has 0 fully saturated rings. The zero-order chi connectivity index (χ0) is 11.5. The van der Waals surface area contributed by atoms with Gasteiger partial charge in [-0.2, -0.15) is 0 Å². The van der Waals surface area contributed by atoms with Gasteiger partial charge in [0, 0.05) is 22.9 Å². The summed E-state index contributed by atoms with van der Waals surface area (Å²) in [5.41, 5.74) is 3.77. The van der Waals surface area contributed by atoms with Crippen LogP contribution in [0.15, 0.2) is 16.6 Å². The summed E-state index contributed by atoms with van der Waals surface area (Å²) in [6, 6.07) is 4.32. The Labute approximate surface area is 104 Å². The molecular formula is C13H14BrNO. The van der Waals surface area contributed by atoms with Crippen molar-refractivity contribution in [3.05, 3.63) is 27.7 Å². The third kappa shape index (κ3) is 1.27. The normalized spacial score (nSPS) is 21.2. The first kappa shape index (κ1) is 10.3. The number of carbonyl (C=O) groups is 1. The Hall–Kier alpha value is -0.830. The van der Waals surface area contributed by atoms with Gasteiger partial charge in [-0.3, -0.25) is 4.79 Å². The topological polar surface area (TPSA) is 20.3 Å². The van der Waals surface area contributed by atoms with Gasteiger partial charge < -0.3 is 4.90 Å². The van der Waals surface area contributed by atoms with Crippen molar-refractivity contribution in [3.63, 3.8) is 0 Å². The number of halogens is 1. The van der Waals surface area contributed by atoms with Gasteiger partial charge in [0.25, 0.3) is 0 Å². The molecule has 2 aliphatic heterocycles. The van der Waals surface area contributed by atoms with Crippen LogP contribution in [0.5, 0.6) is 0 Å². The van der Waals surface area contributed by atoms with Gasteiger partial charge >= 0.3 is 0 Å². The van der Waals surface area contributed by atoms with Crippen LogP contribution in [-0.4, -0.2) is 12.5 Å². The highest BCUT2D eigenvalue weighted by Crippen LogP contribution is 2.46. The lowest BCUT2D eigenvalue weighted by atomic mass is 9.77. The van der Waals surface area contributed by atoms with Crippen LogP contribution in [0.2, 0.25) is 0 Å². The number of carbonyl (C=O) groups excluding carboxylic acids is 1. The van der Waals surface area contributed by atoms with Crippen molar-refractivity contribution in [3.8, 4) is 0 Å². The third-order valence-corrected chi connectivity index (χ3v) is 4.11. The molecule has 1 aromatic carbocycles. The van der Waals surface area contributed by atoms with Gasteiger partial charge in [-0.05, 0) is 29.7 Å². The van der Waals surface area contributed by atoms with E-state index in [9.17, 15) is 4.79 Å². The molecule has 0 atom stereocenters. The first-order valence-corrected chi connectivity index (χ1v) is 6.41. The number of nitrogens with zero attached hydrogens (tertiary/aromatic N) is 1. The highest BCUT2D eigenvalue weighted by molar-refractivity contribution is 9.10. The quantitative estimate of drug-likeness (QED) is 0.715. The van der Waals surface area contributed by atoms with Gasteiger partial charge in [-0.25, -0.2) is 0 Å². The summed E-state index contributed by atoms with van der Waals surface area (Å²) in [6.45, 7) is 5.17. The van der Waals surface area contributed by atoms with Gasteiger partial charge in [-0.1, -0.05) is 29.8 Å². The average Bonchev–Trinajstić information content (AvgIpc) is 2.57. The fourth-order valence-electron chi connectivity index (χ4n) is 2.84. The largest absolute Gasteiger partial charge is 0.311 e. The van der Waals surface area contributed by atoms with Gasteiger partial charge in [0.05, 0.1) is 5.69 Å². The van der Waals surface area contributed by atoms with Crippen LogP contribution in [0.3, 0.4) is 0 Å². The molecule has 0 saturated heterocycles. The van der Waals surface area contributed by atoms with Crippen LogP contribution in [0.1, 0.15) is 31.4 Å². The maximum absolute atomic E-state index is 12.0. The molecule has 2 heterocycles. The molecule has 3 heteroatoms. The molecule has 84 valence electrons. The van der Waals surface area contributed by atoms with Gasteiger partial charge in [0.1, 0.15) is 0 Å². The molecule has 0 spiro atoms. The molecule has 0 unspecified atom stereocenters. The zero-order valence-corrected chi connectivity index (χ0v) is 11.1. The summed E-state index contributed by atoms with van der Waals surface area (Å²) in [7, 11) is 0. The van der Waals surface area contributed by atoms with Crippen molar-refractivity contribution < 1.29 is 4.79 Å². The molecule has 2 nitrogen and oxygen atoms in total. The van der Waals surface area contributed by atoms with Crippen molar-refractivity contribution in [2.24, 2.45) is 0 Å². The van der Waals surface area contributed by atoms with Gasteiger partial charge in [-0.15, -0.1) is 0 Å². The lowest BCUT2D eigenvalue weighted by Gasteiger charge is -2.36. The molecule has 16 heavy (non-hydrogen) atoms. The van der Waals surface area contributed by atoms with E-state index in [4.69, 9.17) is 0 Å². The lowest BCUT2D eigenvalue weighted by molar-refractivity contribution is -0.120. The van der Waals surface area contributed by atoms with Crippen LogP contribution < -0.4 is 4.90 Å². The predicted octanol–water partition coefficient (Wildman–Crippen LogP) is 3.02. The Morgan fingerprint density at radius 3 is 2.88 bits per heavy atom. The molecule has 0 aromatic heterocycles. The molecule has 0 aliphatic carbocycles. The minimum Gasteiger partial charge on any atom is -0.311 e. The lowest BCUT2D eigenvalue weighted by Crippen LogP contribution is -2.40. The summed E-state index contributed by atoms with van der Waals surface area (Å²) >= 11 is 3.56. The molecule has 0 bridgehead atoms. The Morgan fingerprint density at radius 1 is 1.38 bits per heavy atom. The first-order valence-electron chi connectivity index (χ1n) is 5.62. The van der Waals surface area contributed by atoms with Gasteiger partial charge in [0.15, 0.2) is 0 Å².